The van der Waals surface area contributed by atoms with E-state index in [-0.39, 0.29) is 0 Å². The minimum atomic E-state index is 0.299. The molecule has 106 valence electrons. The van der Waals surface area contributed by atoms with E-state index in [0.29, 0.717) is 25.2 Å². The molecule has 0 unspecified atom stereocenters. The van der Waals surface area contributed by atoms with Crippen LogP contribution >= 0.6 is 0 Å². The molecule has 1 rings (SSSR count). The lowest BCUT2D eigenvalue weighted by molar-refractivity contribution is -0.119. The molecule has 3 heteroatoms. The number of rotatable bonds is 8. The molecule has 18 heavy (non-hydrogen) atoms. The van der Waals surface area contributed by atoms with Gasteiger partial charge in [-0.15, -0.1) is 0 Å². The number of carbonyl (C=O) groups is 1. The number of Topliss-reactive ketones (excluding diaryl/α,β-unsaturated/α-hetero) is 1. The molecule has 0 atom stereocenters. The van der Waals surface area contributed by atoms with Crippen LogP contribution in [0.5, 0.6) is 0 Å². The molecule has 0 amide bonds. The summed E-state index contributed by atoms with van der Waals surface area (Å²) >= 11 is 0. The van der Waals surface area contributed by atoms with Crippen LogP contribution in [0, 0.1) is 11.8 Å². The predicted octanol–water partition coefficient (Wildman–Crippen LogP) is 2.74. The number of hydrogen-bond donors (Lipinski definition) is 0. The molecule has 1 fully saturated rings. The topological polar surface area (TPSA) is 29.5 Å². The smallest absolute Gasteiger partial charge is 0.134 e. The summed E-state index contributed by atoms with van der Waals surface area (Å²) in [5.74, 6) is 2.03. The van der Waals surface area contributed by atoms with Crippen molar-refractivity contribution in [1.82, 2.24) is 4.90 Å². The molecule has 1 aliphatic heterocycles. The van der Waals surface area contributed by atoms with Crippen LogP contribution in [-0.2, 0) is 9.53 Å². The van der Waals surface area contributed by atoms with Gasteiger partial charge in [0.05, 0.1) is 13.2 Å². The maximum Gasteiger partial charge on any atom is 0.134 e. The maximum atomic E-state index is 11.1. The average Bonchev–Trinajstić information content (AvgIpc) is 2.38. The van der Waals surface area contributed by atoms with E-state index in [1.807, 2.05) is 6.92 Å². The fourth-order valence-electron chi connectivity index (χ4n) is 2.50. The van der Waals surface area contributed by atoms with Gasteiger partial charge in [-0.1, -0.05) is 20.8 Å². The van der Waals surface area contributed by atoms with E-state index in [1.165, 1.54) is 25.9 Å². The van der Waals surface area contributed by atoms with Crippen LogP contribution in [0.25, 0.3) is 0 Å². The highest BCUT2D eigenvalue weighted by atomic mass is 16.5. The van der Waals surface area contributed by atoms with Crippen LogP contribution in [0.2, 0.25) is 0 Å². The van der Waals surface area contributed by atoms with Crippen molar-refractivity contribution < 1.29 is 9.53 Å². The number of hydrogen-bond acceptors (Lipinski definition) is 3. The van der Waals surface area contributed by atoms with E-state index in [9.17, 15) is 4.79 Å². The second-order valence-corrected chi connectivity index (χ2v) is 5.68. The Morgan fingerprint density at radius 1 is 1.28 bits per heavy atom. The average molecular weight is 255 g/mol. The fourth-order valence-corrected chi connectivity index (χ4v) is 2.50. The third-order valence-corrected chi connectivity index (χ3v) is 4.05. The van der Waals surface area contributed by atoms with Crippen molar-refractivity contribution in [2.45, 2.75) is 46.5 Å². The summed E-state index contributed by atoms with van der Waals surface area (Å²) in [6.45, 7) is 11.4. The highest BCUT2D eigenvalue weighted by Crippen LogP contribution is 2.23. The standard InChI is InChI=1S/C15H29NO2/c1-4-15(17)7-11-18-12-10-16-8-5-14(6-9-16)13(2)3/h13-14H,4-12H2,1-3H3. The van der Waals surface area contributed by atoms with E-state index in [0.717, 1.165) is 25.0 Å². The lowest BCUT2D eigenvalue weighted by Crippen LogP contribution is -2.37. The molecular formula is C15H29NO2. The van der Waals surface area contributed by atoms with Crippen molar-refractivity contribution in [1.29, 1.82) is 0 Å². The minimum absolute atomic E-state index is 0.299. The Balaban J connectivity index is 1.99. The highest BCUT2D eigenvalue weighted by Gasteiger charge is 2.20. The van der Waals surface area contributed by atoms with Gasteiger partial charge in [0.1, 0.15) is 5.78 Å². The Morgan fingerprint density at radius 3 is 2.50 bits per heavy atom. The van der Waals surface area contributed by atoms with Crippen LogP contribution in [0.4, 0.5) is 0 Å². The second kappa shape index (κ2) is 8.65. The number of ether oxygens (including phenoxy) is 1. The molecule has 1 saturated heterocycles. The fraction of sp³-hybridized carbons (Fsp3) is 0.933. The first-order chi connectivity index (χ1) is 8.63. The summed E-state index contributed by atoms with van der Waals surface area (Å²) in [4.78, 5) is 13.6. The van der Waals surface area contributed by atoms with Crippen molar-refractivity contribution in [2.75, 3.05) is 32.8 Å². The van der Waals surface area contributed by atoms with E-state index in [4.69, 9.17) is 4.74 Å². The first kappa shape index (κ1) is 15.6. The van der Waals surface area contributed by atoms with E-state index < -0.39 is 0 Å². The molecular weight excluding hydrogens is 226 g/mol. The van der Waals surface area contributed by atoms with Crippen molar-refractivity contribution in [3.8, 4) is 0 Å². The highest BCUT2D eigenvalue weighted by molar-refractivity contribution is 5.78. The Hall–Kier alpha value is -0.410. The number of piperidine rings is 1. The quantitative estimate of drug-likeness (QED) is 0.625. The SMILES string of the molecule is CCC(=O)CCOCCN1CCC(C(C)C)CC1. The lowest BCUT2D eigenvalue weighted by Gasteiger charge is -2.33. The summed E-state index contributed by atoms with van der Waals surface area (Å²) in [7, 11) is 0. The van der Waals surface area contributed by atoms with Crippen LogP contribution < -0.4 is 0 Å². The second-order valence-electron chi connectivity index (χ2n) is 5.68. The maximum absolute atomic E-state index is 11.1. The number of ketones is 1. The first-order valence-corrected chi connectivity index (χ1v) is 7.45. The van der Waals surface area contributed by atoms with Gasteiger partial charge in [-0.05, 0) is 37.8 Å². The van der Waals surface area contributed by atoms with Gasteiger partial charge >= 0.3 is 0 Å². The molecule has 0 bridgehead atoms. The van der Waals surface area contributed by atoms with Gasteiger partial charge in [0.25, 0.3) is 0 Å². The third kappa shape index (κ3) is 5.96. The monoisotopic (exact) mass is 255 g/mol. The Morgan fingerprint density at radius 2 is 1.94 bits per heavy atom. The van der Waals surface area contributed by atoms with E-state index in [2.05, 4.69) is 18.7 Å². The molecule has 0 aromatic rings. The number of nitrogens with zero attached hydrogens (tertiary/aromatic N) is 1. The molecule has 0 aliphatic carbocycles. The summed E-state index contributed by atoms with van der Waals surface area (Å²) in [5, 5.41) is 0. The third-order valence-electron chi connectivity index (χ3n) is 4.05. The van der Waals surface area contributed by atoms with Gasteiger partial charge in [0, 0.05) is 19.4 Å². The zero-order valence-corrected chi connectivity index (χ0v) is 12.3. The number of carbonyl (C=O) groups excluding carboxylic acids is 1. The molecule has 0 spiro atoms. The summed E-state index contributed by atoms with van der Waals surface area (Å²) in [5.41, 5.74) is 0. The largest absolute Gasteiger partial charge is 0.380 e. The van der Waals surface area contributed by atoms with Crippen molar-refractivity contribution in [3.63, 3.8) is 0 Å². The van der Waals surface area contributed by atoms with Crippen LogP contribution in [0.3, 0.4) is 0 Å². The van der Waals surface area contributed by atoms with E-state index in [1.54, 1.807) is 0 Å². The normalized spacial score (nSPS) is 18.4. The molecule has 0 aromatic heterocycles. The zero-order chi connectivity index (χ0) is 13.4. The van der Waals surface area contributed by atoms with Crippen LogP contribution in [-0.4, -0.2) is 43.5 Å². The van der Waals surface area contributed by atoms with E-state index >= 15 is 0 Å². The van der Waals surface area contributed by atoms with Gasteiger partial charge in [0.2, 0.25) is 0 Å². The van der Waals surface area contributed by atoms with Gasteiger partial charge in [-0.2, -0.15) is 0 Å². The molecule has 0 radical (unpaired) electrons. The van der Waals surface area contributed by atoms with Gasteiger partial charge in [-0.3, -0.25) is 4.79 Å². The van der Waals surface area contributed by atoms with Gasteiger partial charge < -0.3 is 9.64 Å². The Kier molecular flexibility index (Phi) is 7.52. The van der Waals surface area contributed by atoms with Crippen molar-refractivity contribution in [3.05, 3.63) is 0 Å². The van der Waals surface area contributed by atoms with Crippen molar-refractivity contribution in [2.24, 2.45) is 11.8 Å². The van der Waals surface area contributed by atoms with Gasteiger partial charge in [0.15, 0.2) is 0 Å². The van der Waals surface area contributed by atoms with Crippen LogP contribution in [0.1, 0.15) is 46.5 Å². The lowest BCUT2D eigenvalue weighted by atomic mass is 9.87. The summed E-state index contributed by atoms with van der Waals surface area (Å²) in [6, 6.07) is 0. The predicted molar refractivity (Wildman–Crippen MR) is 74.7 cm³/mol. The Labute approximate surface area is 112 Å². The summed E-state index contributed by atoms with van der Waals surface area (Å²) < 4.78 is 5.52. The molecule has 0 aromatic carbocycles. The summed E-state index contributed by atoms with van der Waals surface area (Å²) in [6.07, 6.45) is 3.86. The first-order valence-electron chi connectivity index (χ1n) is 7.45. The molecule has 1 heterocycles. The minimum Gasteiger partial charge on any atom is -0.380 e. The zero-order valence-electron chi connectivity index (χ0n) is 12.3. The Bertz CT molecular complexity index is 233. The molecule has 0 N–H and O–H groups in total. The van der Waals surface area contributed by atoms with Crippen molar-refractivity contribution >= 4 is 5.78 Å². The van der Waals surface area contributed by atoms with Crippen LogP contribution in [0.15, 0.2) is 0 Å². The molecule has 3 nitrogen and oxygen atoms in total. The van der Waals surface area contributed by atoms with Gasteiger partial charge in [-0.25, -0.2) is 0 Å². The molecule has 0 saturated carbocycles. The number of likely N-dealkylation sites (tertiary alicyclic amines) is 1. The molecule has 1 aliphatic rings.